The molecule has 1 amide bonds. The second-order valence-corrected chi connectivity index (χ2v) is 5.33. The van der Waals surface area contributed by atoms with Crippen LogP contribution in [0.15, 0.2) is 29.2 Å². The van der Waals surface area contributed by atoms with Crippen molar-refractivity contribution in [2.24, 2.45) is 5.73 Å². The first-order valence-electron chi connectivity index (χ1n) is 6.22. The third-order valence-electron chi connectivity index (χ3n) is 2.61. The van der Waals surface area contributed by atoms with Crippen molar-refractivity contribution in [1.29, 1.82) is 0 Å². The van der Waals surface area contributed by atoms with Crippen LogP contribution < -0.4 is 5.73 Å². The first kappa shape index (κ1) is 14.1. The Morgan fingerprint density at radius 3 is 2.53 bits per heavy atom. The fraction of sp³-hybridized carbons (Fsp3) is 0.500. The van der Waals surface area contributed by atoms with Crippen LogP contribution in [0.3, 0.4) is 0 Å². The summed E-state index contributed by atoms with van der Waals surface area (Å²) in [5.74, 6) is 0.540. The summed E-state index contributed by atoms with van der Waals surface area (Å²) in [5.41, 5.74) is 6.50. The van der Waals surface area contributed by atoms with Crippen molar-refractivity contribution < 1.29 is 4.79 Å². The Kier molecular flexibility index (Phi) is 6.78. The zero-order valence-corrected chi connectivity index (χ0v) is 11.3. The Balaban J connectivity index is 2.31. The number of hydrogen-bond acceptors (Lipinski definition) is 2. The number of carbonyl (C=O) groups excluding carboxylic acids is 1. The molecule has 1 aromatic rings. The zero-order valence-electron chi connectivity index (χ0n) is 10.4. The molecule has 0 aromatic heterocycles. The van der Waals surface area contributed by atoms with Gasteiger partial charge in [-0.3, -0.25) is 4.79 Å². The smallest absolute Gasteiger partial charge is 0.218 e. The predicted octanol–water partition coefficient (Wildman–Crippen LogP) is 3.39. The molecule has 3 heteroatoms. The van der Waals surface area contributed by atoms with E-state index < -0.39 is 0 Å². The van der Waals surface area contributed by atoms with Crippen molar-refractivity contribution >= 4 is 17.7 Å². The van der Waals surface area contributed by atoms with Gasteiger partial charge in [0.2, 0.25) is 5.91 Å². The summed E-state index contributed by atoms with van der Waals surface area (Å²) in [6.45, 7) is 2.22. The van der Waals surface area contributed by atoms with E-state index in [1.807, 2.05) is 0 Å². The minimum absolute atomic E-state index is 0.228. The number of rotatable bonds is 8. The summed E-state index contributed by atoms with van der Waals surface area (Å²) < 4.78 is 0. The van der Waals surface area contributed by atoms with Gasteiger partial charge in [-0.1, -0.05) is 31.9 Å². The molecule has 1 aromatic carbocycles. The number of primary amides is 1. The number of thioether (sulfide) groups is 1. The molecule has 0 aliphatic carbocycles. The molecule has 0 bridgehead atoms. The lowest BCUT2D eigenvalue weighted by molar-refractivity contribution is -0.117. The van der Waals surface area contributed by atoms with Crippen LogP contribution in [0.4, 0.5) is 0 Å². The maximum Gasteiger partial charge on any atom is 0.218 e. The van der Waals surface area contributed by atoms with E-state index in [0.717, 1.165) is 5.75 Å². The van der Waals surface area contributed by atoms with Crippen molar-refractivity contribution in [2.75, 3.05) is 5.75 Å². The standard InChI is InChI=1S/C14H21NOS/c1-2-3-4-5-12-6-8-13(9-7-12)17-11-10-14(15)16/h6-9H,2-5,10-11H2,1H3,(H2,15,16). The Morgan fingerprint density at radius 2 is 1.94 bits per heavy atom. The summed E-state index contributed by atoms with van der Waals surface area (Å²) in [4.78, 5) is 11.8. The van der Waals surface area contributed by atoms with E-state index in [-0.39, 0.29) is 5.91 Å². The fourth-order valence-corrected chi connectivity index (χ4v) is 2.47. The average molecular weight is 251 g/mol. The highest BCUT2D eigenvalue weighted by molar-refractivity contribution is 7.99. The lowest BCUT2D eigenvalue weighted by Gasteiger charge is -2.03. The molecule has 0 unspecified atom stereocenters. The number of aryl methyl sites for hydroxylation is 1. The number of hydrogen-bond donors (Lipinski definition) is 1. The minimum Gasteiger partial charge on any atom is -0.370 e. The van der Waals surface area contributed by atoms with Gasteiger partial charge in [-0.2, -0.15) is 0 Å². The van der Waals surface area contributed by atoms with Crippen molar-refractivity contribution in [3.05, 3.63) is 29.8 Å². The van der Waals surface area contributed by atoms with E-state index in [1.54, 1.807) is 11.8 Å². The first-order valence-corrected chi connectivity index (χ1v) is 7.21. The topological polar surface area (TPSA) is 43.1 Å². The molecule has 0 saturated carbocycles. The molecule has 0 saturated heterocycles. The summed E-state index contributed by atoms with van der Waals surface area (Å²) >= 11 is 1.68. The molecule has 17 heavy (non-hydrogen) atoms. The molecular formula is C14H21NOS. The molecule has 94 valence electrons. The van der Waals surface area contributed by atoms with E-state index in [0.29, 0.717) is 6.42 Å². The summed E-state index contributed by atoms with van der Waals surface area (Å²) in [6, 6.07) is 8.63. The van der Waals surface area contributed by atoms with Crippen LogP contribution in [0.25, 0.3) is 0 Å². The number of unbranched alkanes of at least 4 members (excludes halogenated alkanes) is 2. The largest absolute Gasteiger partial charge is 0.370 e. The van der Waals surface area contributed by atoms with E-state index in [9.17, 15) is 4.79 Å². The van der Waals surface area contributed by atoms with E-state index in [2.05, 4.69) is 31.2 Å². The van der Waals surface area contributed by atoms with Gasteiger partial charge in [-0.15, -0.1) is 11.8 Å². The van der Waals surface area contributed by atoms with Gasteiger partial charge in [0, 0.05) is 17.1 Å². The average Bonchev–Trinajstić information content (AvgIpc) is 2.31. The van der Waals surface area contributed by atoms with Crippen LogP contribution in [0.1, 0.15) is 38.2 Å². The number of carbonyl (C=O) groups is 1. The lowest BCUT2D eigenvalue weighted by atomic mass is 10.1. The Labute approximate surface area is 108 Å². The third-order valence-corrected chi connectivity index (χ3v) is 3.62. The van der Waals surface area contributed by atoms with Crippen molar-refractivity contribution in [3.63, 3.8) is 0 Å². The van der Waals surface area contributed by atoms with Crippen LogP contribution in [0.2, 0.25) is 0 Å². The number of benzene rings is 1. The van der Waals surface area contributed by atoms with Gasteiger partial charge < -0.3 is 5.73 Å². The summed E-state index contributed by atoms with van der Waals surface area (Å²) in [5, 5.41) is 0. The van der Waals surface area contributed by atoms with Crippen molar-refractivity contribution in [3.8, 4) is 0 Å². The fourth-order valence-electron chi connectivity index (χ4n) is 1.60. The normalized spacial score (nSPS) is 10.4. The maximum atomic E-state index is 10.6. The van der Waals surface area contributed by atoms with Crippen LogP contribution in [-0.2, 0) is 11.2 Å². The molecule has 0 radical (unpaired) electrons. The highest BCUT2D eigenvalue weighted by Gasteiger charge is 1.98. The molecule has 0 spiro atoms. The van der Waals surface area contributed by atoms with Crippen molar-refractivity contribution in [2.45, 2.75) is 43.9 Å². The highest BCUT2D eigenvalue weighted by Crippen LogP contribution is 2.19. The summed E-state index contributed by atoms with van der Waals surface area (Å²) in [7, 11) is 0. The molecular weight excluding hydrogens is 230 g/mol. The van der Waals surface area contributed by atoms with E-state index >= 15 is 0 Å². The SMILES string of the molecule is CCCCCc1ccc(SCCC(N)=O)cc1. The Morgan fingerprint density at radius 1 is 1.24 bits per heavy atom. The lowest BCUT2D eigenvalue weighted by Crippen LogP contribution is -2.10. The van der Waals surface area contributed by atoms with Gasteiger partial charge in [0.15, 0.2) is 0 Å². The molecule has 0 aliphatic rings. The van der Waals surface area contributed by atoms with Crippen LogP contribution in [0, 0.1) is 0 Å². The van der Waals surface area contributed by atoms with Crippen LogP contribution >= 0.6 is 11.8 Å². The number of amides is 1. The molecule has 1 rings (SSSR count). The maximum absolute atomic E-state index is 10.6. The summed E-state index contributed by atoms with van der Waals surface area (Å²) in [6.07, 6.45) is 5.45. The number of nitrogens with two attached hydrogens (primary N) is 1. The first-order chi connectivity index (χ1) is 8.22. The molecule has 0 atom stereocenters. The van der Waals surface area contributed by atoms with Gasteiger partial charge in [-0.25, -0.2) is 0 Å². The monoisotopic (exact) mass is 251 g/mol. The Bertz CT molecular complexity index is 335. The van der Waals surface area contributed by atoms with E-state index in [4.69, 9.17) is 5.73 Å². The minimum atomic E-state index is -0.228. The van der Waals surface area contributed by atoms with Crippen LogP contribution in [0.5, 0.6) is 0 Å². The van der Waals surface area contributed by atoms with Gasteiger partial charge in [0.05, 0.1) is 0 Å². The van der Waals surface area contributed by atoms with Crippen LogP contribution in [-0.4, -0.2) is 11.7 Å². The molecule has 2 nitrogen and oxygen atoms in total. The second kappa shape index (κ2) is 8.18. The molecule has 2 N–H and O–H groups in total. The van der Waals surface area contributed by atoms with Gasteiger partial charge in [0.1, 0.15) is 0 Å². The predicted molar refractivity (Wildman–Crippen MR) is 74.2 cm³/mol. The molecule has 0 aliphatic heterocycles. The quantitative estimate of drug-likeness (QED) is 0.568. The third kappa shape index (κ3) is 6.37. The van der Waals surface area contributed by atoms with Gasteiger partial charge in [-0.05, 0) is 30.5 Å². The Hall–Kier alpha value is -0.960. The van der Waals surface area contributed by atoms with Gasteiger partial charge >= 0.3 is 0 Å². The molecule has 0 heterocycles. The highest BCUT2D eigenvalue weighted by atomic mass is 32.2. The molecule has 0 fully saturated rings. The van der Waals surface area contributed by atoms with Gasteiger partial charge in [0.25, 0.3) is 0 Å². The zero-order chi connectivity index (χ0) is 12.5. The van der Waals surface area contributed by atoms with E-state index in [1.165, 1.54) is 36.1 Å². The van der Waals surface area contributed by atoms with Crippen molar-refractivity contribution in [1.82, 2.24) is 0 Å². The second-order valence-electron chi connectivity index (χ2n) is 4.17.